The van der Waals surface area contributed by atoms with Crippen molar-refractivity contribution in [1.82, 2.24) is 52.1 Å². The van der Waals surface area contributed by atoms with Crippen molar-refractivity contribution in [3.05, 3.63) is 18.2 Å². The fraction of sp³-hybridized carbons (Fsp3) is 0.714. The van der Waals surface area contributed by atoms with Gasteiger partial charge in [0, 0.05) is 38.0 Å². The third-order valence-corrected chi connectivity index (χ3v) is 11.5. The number of likely N-dealkylation sites (N-methyl/N-ethyl adjacent to an activating group) is 1. The Balaban J connectivity index is 2.36. The molecular formula is C42H73N13O10. The Morgan fingerprint density at radius 3 is 1.95 bits per heavy atom. The second-order valence-corrected chi connectivity index (χ2v) is 16.9. The van der Waals surface area contributed by atoms with Crippen LogP contribution in [0.25, 0.3) is 0 Å². The molecule has 0 spiro atoms. The molecule has 2 rings (SSSR count). The van der Waals surface area contributed by atoms with E-state index in [1.54, 1.807) is 48.6 Å². The van der Waals surface area contributed by atoms with Gasteiger partial charge in [-0.3, -0.25) is 38.6 Å². The SMILES string of the molecule is CC[C@H](C)[C@H](NC(=O)[C@@H]1CCCN1C(=O)[C@H](Cc1cnc[nH]1)NC(=O)[C@@H](NC(=O)[C@H](CCCO)NC(=O)[C@@H](NC(=O)[C@H](CCCN=C(N)N)NC(=O)CNC)C(C)C)[C@@H](C)CC)C(=O)O. The van der Waals surface area contributed by atoms with Crippen LogP contribution in [0, 0.1) is 17.8 Å². The van der Waals surface area contributed by atoms with Crippen LogP contribution in [0.4, 0.5) is 0 Å². The first-order valence-electron chi connectivity index (χ1n) is 22.4. The Hall–Kier alpha value is -5.84. The number of nitrogens with two attached hydrogens (primary N) is 2. The van der Waals surface area contributed by atoms with Gasteiger partial charge in [-0.05, 0) is 63.3 Å². The number of H-pyrrole nitrogens is 1. The van der Waals surface area contributed by atoms with Crippen molar-refractivity contribution in [2.45, 2.75) is 142 Å². The summed E-state index contributed by atoms with van der Waals surface area (Å²) in [6.07, 6.45) is 4.95. The van der Waals surface area contributed by atoms with E-state index in [9.17, 15) is 48.6 Å². The van der Waals surface area contributed by atoms with E-state index in [4.69, 9.17) is 11.5 Å². The van der Waals surface area contributed by atoms with Gasteiger partial charge in [-0.25, -0.2) is 9.78 Å². The van der Waals surface area contributed by atoms with Gasteiger partial charge < -0.3 is 68.8 Å². The second kappa shape index (κ2) is 28.2. The molecule has 1 aromatic heterocycles. The van der Waals surface area contributed by atoms with Crippen molar-refractivity contribution in [3.8, 4) is 0 Å². The summed E-state index contributed by atoms with van der Waals surface area (Å²) in [6, 6.07) is -8.16. The van der Waals surface area contributed by atoms with Crippen molar-refractivity contribution in [3.63, 3.8) is 0 Å². The minimum atomic E-state index is -1.28. The Kier molecular flexibility index (Phi) is 23.9. The molecule has 1 fully saturated rings. The molecule has 14 N–H and O–H groups in total. The highest BCUT2D eigenvalue weighted by Gasteiger charge is 2.41. The normalized spacial score (nSPS) is 17.2. The van der Waals surface area contributed by atoms with Crippen LogP contribution in [0.1, 0.15) is 98.6 Å². The van der Waals surface area contributed by atoms with Crippen LogP contribution in [0.3, 0.4) is 0 Å². The number of guanidine groups is 1. The lowest BCUT2D eigenvalue weighted by atomic mass is 9.96. The Labute approximate surface area is 380 Å². The van der Waals surface area contributed by atoms with Gasteiger partial charge in [-0.15, -0.1) is 0 Å². The minimum absolute atomic E-state index is 0.0473. The maximum atomic E-state index is 14.3. The van der Waals surface area contributed by atoms with Gasteiger partial charge in [0.2, 0.25) is 41.4 Å². The van der Waals surface area contributed by atoms with Crippen molar-refractivity contribution >= 4 is 53.3 Å². The average Bonchev–Trinajstić information content (AvgIpc) is 3.98. The van der Waals surface area contributed by atoms with Gasteiger partial charge in [0.05, 0.1) is 12.9 Å². The third kappa shape index (κ3) is 17.9. The summed E-state index contributed by atoms with van der Waals surface area (Å²) in [4.78, 5) is 120. The Morgan fingerprint density at radius 2 is 1.40 bits per heavy atom. The van der Waals surface area contributed by atoms with Gasteiger partial charge in [0.1, 0.15) is 42.3 Å². The minimum Gasteiger partial charge on any atom is -0.480 e. The number of aliphatic hydroxyl groups excluding tert-OH is 1. The summed E-state index contributed by atoms with van der Waals surface area (Å²) in [5, 5.41) is 38.4. The monoisotopic (exact) mass is 920 g/mol. The van der Waals surface area contributed by atoms with Crippen LogP contribution < -0.4 is 48.7 Å². The molecule has 0 radical (unpaired) electrons. The zero-order valence-corrected chi connectivity index (χ0v) is 38.8. The summed E-state index contributed by atoms with van der Waals surface area (Å²) in [7, 11) is 1.57. The van der Waals surface area contributed by atoms with Crippen molar-refractivity contribution < 1.29 is 48.6 Å². The smallest absolute Gasteiger partial charge is 0.326 e. The molecule has 0 aromatic carbocycles. The zero-order chi connectivity index (χ0) is 48.8. The number of aromatic nitrogens is 2. The number of aliphatic carboxylic acids is 1. The molecule has 0 bridgehead atoms. The highest BCUT2D eigenvalue weighted by molar-refractivity contribution is 5.98. The standard InChI is InChI=1S/C42H73N13O10/c1-8-24(5)33(39(62)51-29(19-26-20-46-22-48-26)40(63)55-17-11-15-30(55)37(60)54-34(41(64)65)25(6)9-2)53-36(59)28(14-12-18-56)50-38(61)32(23(3)4)52-35(58)27(49-31(57)21-45-7)13-10-16-47-42(43)44/h20,22-25,27-30,32-34,45,56H,8-19,21H2,1-7H3,(H,46,48)(H,49,57)(H,50,61)(H,51,62)(H,52,58)(H,53,59)(H,54,60)(H,64,65)(H4,43,44,47)/t24-,25-,27-,28-,29-,30-,32-,33-,34-/m0/s1. The number of aromatic amines is 1. The van der Waals surface area contributed by atoms with Crippen molar-refractivity contribution in [1.29, 1.82) is 0 Å². The predicted octanol–water partition coefficient (Wildman–Crippen LogP) is -2.27. The molecule has 1 aromatic rings. The predicted molar refractivity (Wildman–Crippen MR) is 240 cm³/mol. The second-order valence-electron chi connectivity index (χ2n) is 16.9. The number of carbonyl (C=O) groups excluding carboxylic acids is 7. The summed E-state index contributed by atoms with van der Waals surface area (Å²) >= 11 is 0. The van der Waals surface area contributed by atoms with Crippen LogP contribution in [0.5, 0.6) is 0 Å². The maximum Gasteiger partial charge on any atom is 0.326 e. The van der Waals surface area contributed by atoms with E-state index in [0.29, 0.717) is 31.4 Å². The number of carboxylic acid groups (broad SMARTS) is 1. The first-order valence-corrected chi connectivity index (χ1v) is 22.4. The number of hydrogen-bond acceptors (Lipinski definition) is 12. The lowest BCUT2D eigenvalue weighted by Crippen LogP contribution is -2.61. The first kappa shape index (κ1) is 55.3. The molecule has 65 heavy (non-hydrogen) atoms. The van der Waals surface area contributed by atoms with E-state index in [-0.39, 0.29) is 70.2 Å². The number of aliphatic hydroxyl groups is 1. The molecular weight excluding hydrogens is 847 g/mol. The topological polar surface area (TPSA) is 358 Å². The number of nitrogens with zero attached hydrogens (tertiary/aromatic N) is 3. The van der Waals surface area contributed by atoms with Gasteiger partial charge in [-0.2, -0.15) is 0 Å². The van der Waals surface area contributed by atoms with E-state index < -0.39 is 101 Å². The zero-order valence-electron chi connectivity index (χ0n) is 38.8. The highest BCUT2D eigenvalue weighted by Crippen LogP contribution is 2.21. The summed E-state index contributed by atoms with van der Waals surface area (Å²) < 4.78 is 0. The number of aliphatic imine (C=N–C) groups is 1. The molecule has 23 heteroatoms. The molecule has 0 aliphatic carbocycles. The van der Waals surface area contributed by atoms with Gasteiger partial charge >= 0.3 is 5.97 Å². The van der Waals surface area contributed by atoms with Crippen LogP contribution >= 0.6 is 0 Å². The molecule has 0 unspecified atom stereocenters. The molecule has 7 amide bonds. The lowest BCUT2D eigenvalue weighted by molar-refractivity contribution is -0.146. The quantitative estimate of drug-likeness (QED) is 0.0229. The van der Waals surface area contributed by atoms with Crippen molar-refractivity contribution in [2.24, 2.45) is 34.2 Å². The fourth-order valence-corrected chi connectivity index (χ4v) is 7.26. The number of imidazole rings is 1. The lowest BCUT2D eigenvalue weighted by Gasteiger charge is -2.32. The number of carboxylic acids is 1. The molecule has 23 nitrogen and oxygen atoms in total. The molecule has 1 aliphatic heterocycles. The number of nitrogens with one attached hydrogen (secondary N) is 8. The molecule has 1 aliphatic rings. The molecule has 1 saturated heterocycles. The Bertz CT molecular complexity index is 1760. The van der Waals surface area contributed by atoms with Crippen LogP contribution in [0.15, 0.2) is 17.5 Å². The van der Waals surface area contributed by atoms with Gasteiger partial charge in [-0.1, -0.05) is 54.4 Å². The van der Waals surface area contributed by atoms with E-state index in [1.165, 1.54) is 17.4 Å². The van der Waals surface area contributed by atoms with E-state index in [0.717, 1.165) is 0 Å². The van der Waals surface area contributed by atoms with Crippen LogP contribution in [0.2, 0.25) is 0 Å². The number of rotatable bonds is 29. The number of amides is 7. The molecule has 366 valence electrons. The molecule has 0 saturated carbocycles. The molecule has 2 heterocycles. The fourth-order valence-electron chi connectivity index (χ4n) is 7.26. The summed E-state index contributed by atoms with van der Waals surface area (Å²) in [6.45, 7) is 10.4. The van der Waals surface area contributed by atoms with E-state index in [2.05, 4.69) is 52.2 Å². The van der Waals surface area contributed by atoms with Crippen molar-refractivity contribution in [2.75, 3.05) is 33.3 Å². The largest absolute Gasteiger partial charge is 0.480 e. The maximum absolute atomic E-state index is 14.3. The Morgan fingerprint density at radius 1 is 0.815 bits per heavy atom. The highest BCUT2D eigenvalue weighted by atomic mass is 16.4. The van der Waals surface area contributed by atoms with Gasteiger partial charge in [0.15, 0.2) is 5.96 Å². The summed E-state index contributed by atoms with van der Waals surface area (Å²) in [5.41, 5.74) is 11.3. The number of likely N-dealkylation sites (tertiary alicyclic amines) is 1. The van der Waals surface area contributed by atoms with Crippen LogP contribution in [-0.4, -0.2) is 154 Å². The number of hydrogen-bond donors (Lipinski definition) is 12. The molecule has 9 atom stereocenters. The first-order chi connectivity index (χ1) is 30.8. The van der Waals surface area contributed by atoms with E-state index >= 15 is 0 Å². The third-order valence-electron chi connectivity index (χ3n) is 11.5. The number of carbonyl (C=O) groups is 8. The average molecular weight is 920 g/mol. The van der Waals surface area contributed by atoms with Gasteiger partial charge in [0.25, 0.3) is 0 Å². The van der Waals surface area contributed by atoms with E-state index in [1.807, 2.05) is 0 Å². The van der Waals surface area contributed by atoms with Crippen LogP contribution in [-0.2, 0) is 44.8 Å². The summed E-state index contributed by atoms with van der Waals surface area (Å²) in [5.74, 6) is -7.26.